The largest absolute Gasteiger partial charge is 0.355 e. The molecule has 132 valence electrons. The molecule has 0 saturated carbocycles. The molecule has 1 aliphatic rings. The second-order valence-corrected chi connectivity index (χ2v) is 7.31. The number of benzene rings is 2. The van der Waals surface area contributed by atoms with E-state index < -0.39 is 0 Å². The second kappa shape index (κ2) is 7.25. The third-order valence-corrected chi connectivity index (χ3v) is 5.50. The van der Waals surface area contributed by atoms with Gasteiger partial charge in [-0.2, -0.15) is 4.99 Å². The van der Waals surface area contributed by atoms with Crippen LogP contribution in [0, 0.1) is 5.92 Å². The molecule has 5 nitrogen and oxygen atoms in total. The van der Waals surface area contributed by atoms with Gasteiger partial charge >= 0.3 is 0 Å². The topological polar surface area (TPSA) is 63.5 Å². The summed E-state index contributed by atoms with van der Waals surface area (Å²) in [5.74, 6) is -0.365. The standard InChI is InChI=1S/C20H19N3O2S/c24-18-9-8-15(12-21-18)19(25)22-20-23(10-11-26-20)13-16-6-3-5-14-4-1-2-7-17(14)16/h1-7,10-11,15H,8-9,12-13H2,(H,21,24). The summed E-state index contributed by atoms with van der Waals surface area (Å²) in [4.78, 5) is 28.8. The van der Waals surface area contributed by atoms with Crippen LogP contribution in [-0.2, 0) is 16.1 Å². The average Bonchev–Trinajstić information content (AvgIpc) is 3.09. The van der Waals surface area contributed by atoms with E-state index in [9.17, 15) is 9.59 Å². The molecule has 1 unspecified atom stereocenters. The molecule has 0 bridgehead atoms. The Balaban J connectivity index is 1.60. The summed E-state index contributed by atoms with van der Waals surface area (Å²) < 4.78 is 2.01. The van der Waals surface area contributed by atoms with Crippen molar-refractivity contribution in [2.24, 2.45) is 10.9 Å². The number of fused-ring (bicyclic) bond motifs is 1. The Hall–Kier alpha value is -2.73. The van der Waals surface area contributed by atoms with Crippen LogP contribution < -0.4 is 10.1 Å². The normalized spacial score (nSPS) is 18.1. The number of aromatic nitrogens is 1. The van der Waals surface area contributed by atoms with E-state index in [1.165, 1.54) is 27.7 Å². The van der Waals surface area contributed by atoms with Crippen molar-refractivity contribution in [3.8, 4) is 0 Å². The highest BCUT2D eigenvalue weighted by Crippen LogP contribution is 2.19. The van der Waals surface area contributed by atoms with Gasteiger partial charge < -0.3 is 9.88 Å². The third kappa shape index (κ3) is 3.46. The smallest absolute Gasteiger partial charge is 0.253 e. The molecule has 1 aliphatic heterocycles. The Kier molecular flexibility index (Phi) is 4.67. The number of nitrogens with zero attached hydrogens (tertiary/aromatic N) is 2. The van der Waals surface area contributed by atoms with Crippen LogP contribution in [0.3, 0.4) is 0 Å². The Morgan fingerprint density at radius 1 is 1.23 bits per heavy atom. The Bertz CT molecular complexity index is 1020. The molecule has 2 amide bonds. The summed E-state index contributed by atoms with van der Waals surface area (Å²) in [5, 5.41) is 7.10. The maximum absolute atomic E-state index is 12.5. The fourth-order valence-electron chi connectivity index (χ4n) is 3.25. The molecule has 4 rings (SSSR count). The van der Waals surface area contributed by atoms with Crippen LogP contribution in [0.4, 0.5) is 0 Å². The Morgan fingerprint density at radius 2 is 2.08 bits per heavy atom. The number of carbonyl (C=O) groups is 2. The highest BCUT2D eigenvalue weighted by atomic mass is 32.1. The first-order valence-electron chi connectivity index (χ1n) is 8.66. The van der Waals surface area contributed by atoms with Crippen LogP contribution in [0.25, 0.3) is 10.8 Å². The van der Waals surface area contributed by atoms with Gasteiger partial charge in [0.2, 0.25) is 5.91 Å². The van der Waals surface area contributed by atoms with Gasteiger partial charge in [0.05, 0.1) is 12.5 Å². The van der Waals surface area contributed by atoms with Crippen LogP contribution in [0.2, 0.25) is 0 Å². The first-order valence-corrected chi connectivity index (χ1v) is 9.54. The predicted molar refractivity (Wildman–Crippen MR) is 102 cm³/mol. The van der Waals surface area contributed by atoms with Crippen LogP contribution in [0.1, 0.15) is 18.4 Å². The second-order valence-electron chi connectivity index (χ2n) is 6.44. The summed E-state index contributed by atoms with van der Waals surface area (Å²) >= 11 is 1.46. The van der Waals surface area contributed by atoms with Gasteiger partial charge in [-0.05, 0) is 22.8 Å². The number of nitrogens with one attached hydrogen (secondary N) is 1. The summed E-state index contributed by atoms with van der Waals surface area (Å²) in [6, 6.07) is 14.5. The Morgan fingerprint density at radius 3 is 2.92 bits per heavy atom. The van der Waals surface area contributed by atoms with Gasteiger partial charge in [-0.25, -0.2) is 0 Å². The van der Waals surface area contributed by atoms with Crippen molar-refractivity contribution >= 4 is 33.9 Å². The minimum absolute atomic E-state index is 0.0104. The summed E-state index contributed by atoms with van der Waals surface area (Å²) in [6.07, 6.45) is 2.93. The maximum atomic E-state index is 12.5. The highest BCUT2D eigenvalue weighted by molar-refractivity contribution is 7.07. The minimum Gasteiger partial charge on any atom is -0.355 e. The van der Waals surface area contributed by atoms with E-state index in [4.69, 9.17) is 0 Å². The van der Waals surface area contributed by atoms with Gasteiger partial charge in [-0.3, -0.25) is 9.59 Å². The number of amides is 2. The van der Waals surface area contributed by atoms with Crippen LogP contribution in [0.5, 0.6) is 0 Å². The highest BCUT2D eigenvalue weighted by Gasteiger charge is 2.24. The zero-order valence-corrected chi connectivity index (χ0v) is 15.0. The maximum Gasteiger partial charge on any atom is 0.253 e. The molecule has 2 heterocycles. The van der Waals surface area contributed by atoms with Gasteiger partial charge in [0.1, 0.15) is 0 Å². The van der Waals surface area contributed by atoms with Crippen molar-refractivity contribution in [3.05, 3.63) is 64.4 Å². The fourth-order valence-corrected chi connectivity index (χ4v) is 3.98. The molecule has 0 radical (unpaired) electrons. The Labute approximate surface area is 155 Å². The van der Waals surface area contributed by atoms with Gasteiger partial charge in [-0.15, -0.1) is 11.3 Å². The van der Waals surface area contributed by atoms with Crippen molar-refractivity contribution in [2.45, 2.75) is 19.4 Å². The van der Waals surface area contributed by atoms with Crippen LogP contribution in [-0.4, -0.2) is 22.9 Å². The van der Waals surface area contributed by atoms with Gasteiger partial charge in [0, 0.05) is 24.5 Å². The number of thiazole rings is 1. The molecular formula is C20H19N3O2S. The fraction of sp³-hybridized carbons (Fsp3) is 0.250. The molecule has 0 spiro atoms. The van der Waals surface area contributed by atoms with E-state index in [1.807, 2.05) is 28.3 Å². The lowest BCUT2D eigenvalue weighted by Crippen LogP contribution is -2.38. The molecule has 0 aliphatic carbocycles. The number of rotatable bonds is 3. The van der Waals surface area contributed by atoms with Crippen molar-refractivity contribution in [3.63, 3.8) is 0 Å². The van der Waals surface area contributed by atoms with E-state index in [0.29, 0.717) is 30.7 Å². The van der Waals surface area contributed by atoms with Crippen LogP contribution in [0.15, 0.2) is 59.0 Å². The summed E-state index contributed by atoms with van der Waals surface area (Å²) in [5.41, 5.74) is 1.19. The van der Waals surface area contributed by atoms with Crippen molar-refractivity contribution < 1.29 is 9.59 Å². The van der Waals surface area contributed by atoms with E-state index in [1.54, 1.807) is 0 Å². The third-order valence-electron chi connectivity index (χ3n) is 4.70. The lowest BCUT2D eigenvalue weighted by molar-refractivity contribution is -0.127. The monoisotopic (exact) mass is 365 g/mol. The average molecular weight is 365 g/mol. The molecule has 1 aromatic heterocycles. The first-order chi connectivity index (χ1) is 12.7. The number of hydrogen-bond donors (Lipinski definition) is 1. The zero-order valence-electron chi connectivity index (χ0n) is 14.2. The molecule has 2 aromatic carbocycles. The van der Waals surface area contributed by atoms with Crippen molar-refractivity contribution in [1.82, 2.24) is 9.88 Å². The van der Waals surface area contributed by atoms with E-state index in [-0.39, 0.29) is 17.7 Å². The van der Waals surface area contributed by atoms with E-state index >= 15 is 0 Å². The summed E-state index contributed by atoms with van der Waals surface area (Å²) in [7, 11) is 0. The lowest BCUT2D eigenvalue weighted by atomic mass is 9.99. The lowest BCUT2D eigenvalue weighted by Gasteiger charge is -2.18. The van der Waals surface area contributed by atoms with Crippen molar-refractivity contribution in [2.75, 3.05) is 6.54 Å². The first kappa shape index (κ1) is 16.7. The molecule has 3 aromatic rings. The minimum atomic E-state index is -0.221. The van der Waals surface area contributed by atoms with Gasteiger partial charge in [0.15, 0.2) is 4.80 Å². The molecule has 26 heavy (non-hydrogen) atoms. The molecule has 6 heteroatoms. The van der Waals surface area contributed by atoms with E-state index in [0.717, 1.165) is 0 Å². The van der Waals surface area contributed by atoms with Gasteiger partial charge in [-0.1, -0.05) is 42.5 Å². The quantitative estimate of drug-likeness (QED) is 0.776. The van der Waals surface area contributed by atoms with Crippen LogP contribution >= 0.6 is 11.3 Å². The molecule has 1 atom stereocenters. The number of piperidine rings is 1. The SMILES string of the molecule is O=C1CCC(C(=O)N=c2sccn2Cc2cccc3ccccc23)CN1. The molecule has 1 saturated heterocycles. The zero-order chi connectivity index (χ0) is 17.9. The summed E-state index contributed by atoms with van der Waals surface area (Å²) in [6.45, 7) is 1.05. The molecule has 1 N–H and O–H groups in total. The van der Waals surface area contributed by atoms with E-state index in [2.05, 4.69) is 40.6 Å². The molecular weight excluding hydrogens is 346 g/mol. The number of hydrogen-bond acceptors (Lipinski definition) is 3. The number of carbonyl (C=O) groups excluding carboxylic acids is 2. The van der Waals surface area contributed by atoms with Crippen molar-refractivity contribution in [1.29, 1.82) is 0 Å². The predicted octanol–water partition coefficient (Wildman–Crippen LogP) is 2.70. The molecule has 1 fully saturated rings. The van der Waals surface area contributed by atoms with Gasteiger partial charge in [0.25, 0.3) is 5.91 Å².